The van der Waals surface area contributed by atoms with E-state index >= 15 is 0 Å². The summed E-state index contributed by atoms with van der Waals surface area (Å²) in [5, 5.41) is 2.30. The lowest BCUT2D eigenvalue weighted by atomic mass is 10.0. The first-order valence-electron chi connectivity index (χ1n) is 20.6. The highest BCUT2D eigenvalue weighted by Crippen LogP contribution is 2.28. The molecular weight excluding hydrogens is 843 g/mol. The predicted octanol–water partition coefficient (Wildman–Crippen LogP) is 4.09. The normalized spacial score (nSPS) is 13.6. The number of Topliss-reactive ketones (excluding diaryl/α,β-unsaturated/α-hetero) is 3. The molecule has 65 heavy (non-hydrogen) atoms. The van der Waals surface area contributed by atoms with Crippen LogP contribution in [0.1, 0.15) is 69.1 Å². The summed E-state index contributed by atoms with van der Waals surface area (Å²) in [5.41, 5.74) is 6.15. The van der Waals surface area contributed by atoms with Crippen molar-refractivity contribution in [1.82, 2.24) is 34.9 Å². The Morgan fingerprint density at radius 1 is 0.508 bits per heavy atom. The average molecular weight is 889 g/mol. The van der Waals surface area contributed by atoms with Crippen LogP contribution < -0.4 is 11.1 Å². The predicted molar refractivity (Wildman–Crippen MR) is 237 cm³/mol. The van der Waals surface area contributed by atoms with Gasteiger partial charge in [-0.3, -0.25) is 38.4 Å². The fourth-order valence-electron chi connectivity index (χ4n) is 7.66. The van der Waals surface area contributed by atoms with Crippen LogP contribution in [0.2, 0.25) is 0 Å². The van der Waals surface area contributed by atoms with Crippen molar-refractivity contribution >= 4 is 68.7 Å². The van der Waals surface area contributed by atoms with Crippen LogP contribution >= 0.6 is 0 Å². The number of piperazine rings is 2. The van der Waals surface area contributed by atoms with Crippen LogP contribution in [-0.2, 0) is 9.59 Å². The molecule has 8 rings (SSSR count). The fraction of sp³-hybridized carbons (Fsp3) is 0.234. The third kappa shape index (κ3) is 9.72. The number of halogens is 2. The standard InChI is InChI=1S/C23H21FN4O4.C23H20FN3O4.CH5N/c1-25-21(30)15-7-8-17(24)18-16(13-26-19(15)18)20(29)23(32)28-11-9-27(10-12-28)22(31)14-5-3-2-4-6-14;1-14(28)16-7-8-18(24)19-17(13-25-20(16)19)21(29)23(31)27-11-9-26(10-12-27)22(30)15-5-3-2-4-6-15;1-2/h2-8,13,26H,9-12H2,1H3,(H,25,30);2-8,13,25H,9-12H2,1H3;2H2,1H3. The molecule has 5 N–H and O–H groups in total. The number of carbonyl (C=O) groups is 8. The van der Waals surface area contributed by atoms with Gasteiger partial charge in [-0.15, -0.1) is 0 Å². The summed E-state index contributed by atoms with van der Waals surface area (Å²) in [5.74, 6) is -5.64. The monoisotopic (exact) mass is 888 g/mol. The molecule has 6 aromatic rings. The van der Waals surface area contributed by atoms with E-state index in [-0.39, 0.29) is 101 Å². The van der Waals surface area contributed by atoms with Crippen molar-refractivity contribution in [3.05, 3.63) is 142 Å². The number of fused-ring (bicyclic) bond motifs is 2. The van der Waals surface area contributed by atoms with Crippen LogP contribution in [0.25, 0.3) is 21.8 Å². The number of aromatic amines is 2. The maximum Gasteiger partial charge on any atom is 0.295 e. The van der Waals surface area contributed by atoms with E-state index in [0.717, 1.165) is 12.1 Å². The van der Waals surface area contributed by atoms with Crippen LogP contribution in [-0.4, -0.2) is 143 Å². The van der Waals surface area contributed by atoms with E-state index in [2.05, 4.69) is 21.0 Å². The number of carbonyl (C=O) groups excluding carboxylic acids is 8. The number of rotatable bonds is 8. The fourth-order valence-corrected chi connectivity index (χ4v) is 7.66. The Labute approximate surface area is 371 Å². The Hall–Kier alpha value is -7.86. The molecule has 16 nitrogen and oxygen atoms in total. The van der Waals surface area contributed by atoms with Gasteiger partial charge < -0.3 is 40.6 Å². The van der Waals surface area contributed by atoms with Gasteiger partial charge in [0.2, 0.25) is 0 Å². The number of benzene rings is 4. The summed E-state index contributed by atoms with van der Waals surface area (Å²) < 4.78 is 29.0. The van der Waals surface area contributed by atoms with Crippen LogP contribution in [0, 0.1) is 11.6 Å². The molecule has 4 aromatic carbocycles. The van der Waals surface area contributed by atoms with Gasteiger partial charge in [0.25, 0.3) is 41.1 Å². The van der Waals surface area contributed by atoms with Crippen LogP contribution in [0.5, 0.6) is 0 Å². The molecule has 2 aliphatic rings. The van der Waals surface area contributed by atoms with Crippen LogP contribution in [0.3, 0.4) is 0 Å². The number of amides is 5. The zero-order valence-corrected chi connectivity index (χ0v) is 35.8. The third-order valence-corrected chi connectivity index (χ3v) is 11.0. The number of aromatic nitrogens is 2. The number of H-pyrrole nitrogens is 2. The number of nitrogens with one attached hydrogen (secondary N) is 3. The zero-order chi connectivity index (χ0) is 46.9. The van der Waals surface area contributed by atoms with Crippen molar-refractivity contribution in [2.75, 3.05) is 66.5 Å². The molecule has 4 heterocycles. The third-order valence-electron chi connectivity index (χ3n) is 11.0. The first-order valence-corrected chi connectivity index (χ1v) is 20.6. The number of nitrogens with zero attached hydrogens (tertiary/aromatic N) is 4. The van der Waals surface area contributed by atoms with Gasteiger partial charge in [-0.1, -0.05) is 36.4 Å². The van der Waals surface area contributed by atoms with Gasteiger partial charge in [-0.2, -0.15) is 0 Å². The smallest absolute Gasteiger partial charge is 0.295 e. The van der Waals surface area contributed by atoms with Crippen molar-refractivity contribution in [3.63, 3.8) is 0 Å². The lowest BCUT2D eigenvalue weighted by Gasteiger charge is -2.34. The van der Waals surface area contributed by atoms with Crippen molar-refractivity contribution in [2.45, 2.75) is 6.92 Å². The van der Waals surface area contributed by atoms with Gasteiger partial charge in [0.15, 0.2) is 5.78 Å². The van der Waals surface area contributed by atoms with E-state index in [9.17, 15) is 47.1 Å². The molecule has 0 radical (unpaired) electrons. The Balaban J connectivity index is 0.000000208. The molecule has 0 aliphatic carbocycles. The molecule has 0 atom stereocenters. The molecule has 2 fully saturated rings. The SMILES string of the molecule is CC(=O)c1ccc(F)c2c(C(=O)C(=O)N3CCN(C(=O)c4ccccc4)CC3)c[nH]c12.CN.CNC(=O)c1ccc(F)c2c(C(=O)C(=O)N3CCN(C(=O)c4ccccc4)CC3)c[nH]c12. The van der Waals surface area contributed by atoms with Crippen molar-refractivity contribution < 1.29 is 47.1 Å². The van der Waals surface area contributed by atoms with Crippen LogP contribution in [0.15, 0.2) is 97.3 Å². The minimum Gasteiger partial charge on any atom is -0.360 e. The first kappa shape index (κ1) is 46.6. The Morgan fingerprint density at radius 3 is 1.23 bits per heavy atom. The molecule has 2 aliphatic heterocycles. The van der Waals surface area contributed by atoms with Gasteiger partial charge in [0.05, 0.1) is 27.7 Å². The molecule has 0 saturated carbocycles. The van der Waals surface area contributed by atoms with E-state index in [1.807, 2.05) is 12.1 Å². The zero-order valence-electron chi connectivity index (χ0n) is 35.8. The second-order valence-corrected chi connectivity index (χ2v) is 14.8. The highest BCUT2D eigenvalue weighted by atomic mass is 19.1. The van der Waals surface area contributed by atoms with E-state index < -0.39 is 40.9 Å². The number of hydrogen-bond donors (Lipinski definition) is 4. The topological polar surface area (TPSA) is 219 Å². The maximum atomic E-state index is 14.5. The summed E-state index contributed by atoms with van der Waals surface area (Å²) in [6.07, 6.45) is 2.51. The molecule has 0 unspecified atom stereocenters. The Bertz CT molecular complexity index is 2790. The number of hydrogen-bond acceptors (Lipinski definition) is 9. The Kier molecular flexibility index (Phi) is 14.7. The maximum absolute atomic E-state index is 14.5. The number of ketones is 3. The van der Waals surface area contributed by atoms with Gasteiger partial charge in [0.1, 0.15) is 11.6 Å². The molecule has 2 aromatic heterocycles. The molecule has 18 heteroatoms. The minimum absolute atomic E-state index is 0.0658. The number of nitrogens with two attached hydrogens (primary N) is 1. The lowest BCUT2D eigenvalue weighted by molar-refractivity contribution is -0.128. The molecular formula is C47H46F2N8O8. The van der Waals surface area contributed by atoms with Gasteiger partial charge in [-0.05, 0) is 62.5 Å². The van der Waals surface area contributed by atoms with Gasteiger partial charge in [-0.25, -0.2) is 8.78 Å². The molecule has 0 spiro atoms. The Morgan fingerprint density at radius 2 is 0.862 bits per heavy atom. The highest BCUT2D eigenvalue weighted by Gasteiger charge is 2.33. The van der Waals surface area contributed by atoms with E-state index in [1.165, 1.54) is 55.3 Å². The van der Waals surface area contributed by atoms with Gasteiger partial charge >= 0.3 is 0 Å². The second kappa shape index (κ2) is 20.5. The lowest BCUT2D eigenvalue weighted by Crippen LogP contribution is -2.52. The van der Waals surface area contributed by atoms with Crippen LogP contribution in [0.4, 0.5) is 8.78 Å². The minimum atomic E-state index is -0.868. The molecule has 0 bridgehead atoms. The van der Waals surface area contributed by atoms with E-state index in [4.69, 9.17) is 0 Å². The van der Waals surface area contributed by atoms with E-state index in [0.29, 0.717) is 24.2 Å². The summed E-state index contributed by atoms with van der Waals surface area (Å²) >= 11 is 0. The highest BCUT2D eigenvalue weighted by molar-refractivity contribution is 6.45. The van der Waals surface area contributed by atoms with Crippen molar-refractivity contribution in [3.8, 4) is 0 Å². The molecule has 5 amide bonds. The second-order valence-electron chi connectivity index (χ2n) is 14.8. The molecule has 2 saturated heterocycles. The summed E-state index contributed by atoms with van der Waals surface area (Å²) in [6.45, 7) is 3.29. The summed E-state index contributed by atoms with van der Waals surface area (Å²) in [7, 11) is 2.94. The quantitative estimate of drug-likeness (QED) is 0.128. The van der Waals surface area contributed by atoms with Gasteiger partial charge in [0, 0.05) is 99.3 Å². The first-order chi connectivity index (χ1) is 31.3. The molecule has 336 valence electrons. The average Bonchev–Trinajstić information content (AvgIpc) is 4.01. The largest absolute Gasteiger partial charge is 0.360 e. The van der Waals surface area contributed by atoms with Crippen molar-refractivity contribution in [1.29, 1.82) is 0 Å². The van der Waals surface area contributed by atoms with Crippen molar-refractivity contribution in [2.24, 2.45) is 5.73 Å². The summed E-state index contributed by atoms with van der Waals surface area (Å²) in [4.78, 5) is 112. The summed E-state index contributed by atoms with van der Waals surface area (Å²) in [6, 6.07) is 22.5. The van der Waals surface area contributed by atoms with E-state index in [1.54, 1.807) is 58.3 Å².